The summed E-state index contributed by atoms with van der Waals surface area (Å²) >= 11 is 17.8. The molecule has 3 heteroatoms. The highest BCUT2D eigenvalue weighted by molar-refractivity contribution is 6.44. The number of hydrogen-bond donors (Lipinski definition) is 0. The largest absolute Gasteiger partial charge is 0.102 e. The summed E-state index contributed by atoms with van der Waals surface area (Å²) in [6, 6.07) is 3.39. The lowest BCUT2D eigenvalue weighted by atomic mass is 10.0. The molecule has 0 aliphatic rings. The van der Waals surface area contributed by atoms with Gasteiger partial charge in [0.25, 0.3) is 0 Å². The number of benzene rings is 1. The van der Waals surface area contributed by atoms with Crippen molar-refractivity contribution in [1.29, 1.82) is 0 Å². The van der Waals surface area contributed by atoms with Crippen molar-refractivity contribution in [2.45, 2.75) is 6.92 Å². The Bertz CT molecular complexity index is 331. The third-order valence-corrected chi connectivity index (χ3v) is 2.86. The maximum atomic E-state index is 5.99. The first-order chi connectivity index (χ1) is 6.07. The number of halogens is 3. The lowest BCUT2D eigenvalue weighted by Gasteiger charge is -2.11. The molecule has 1 aromatic carbocycles. The maximum absolute atomic E-state index is 5.99. The van der Waals surface area contributed by atoms with Crippen LogP contribution < -0.4 is 0 Å². The molecule has 0 atom stereocenters. The first-order valence-corrected chi connectivity index (χ1v) is 4.81. The molecule has 69 valence electrons. The molecule has 13 heavy (non-hydrogen) atoms. The van der Waals surface area contributed by atoms with E-state index in [1.165, 1.54) is 0 Å². The minimum Gasteiger partial charge on any atom is -0.102 e. The van der Waals surface area contributed by atoms with Gasteiger partial charge in [-0.25, -0.2) is 0 Å². The molecule has 0 aromatic heterocycles. The topological polar surface area (TPSA) is 0 Å². The molecule has 0 unspecified atom stereocenters. The van der Waals surface area contributed by atoms with Crippen molar-refractivity contribution >= 4 is 34.8 Å². The third-order valence-electron chi connectivity index (χ3n) is 1.74. The Morgan fingerprint density at radius 1 is 1.23 bits per heavy atom. The second-order valence-corrected chi connectivity index (χ2v) is 3.80. The van der Waals surface area contributed by atoms with Crippen LogP contribution in [0.4, 0.5) is 0 Å². The molecule has 0 heterocycles. The van der Waals surface area contributed by atoms with Crippen LogP contribution in [0.3, 0.4) is 0 Å². The first kappa shape index (κ1) is 10.9. The van der Waals surface area contributed by atoms with Gasteiger partial charge in [0, 0.05) is 16.5 Å². The molecule has 0 aliphatic carbocycles. The van der Waals surface area contributed by atoms with Crippen molar-refractivity contribution in [1.82, 2.24) is 0 Å². The molecule has 0 saturated heterocycles. The van der Waals surface area contributed by atoms with E-state index in [4.69, 9.17) is 34.8 Å². The van der Waals surface area contributed by atoms with E-state index in [1.54, 1.807) is 18.2 Å². The summed E-state index contributed by atoms with van der Waals surface area (Å²) in [4.78, 5) is 0. The van der Waals surface area contributed by atoms with E-state index in [-0.39, 0.29) is 0 Å². The fraction of sp³-hybridized carbons (Fsp3) is 0.100. The Morgan fingerprint density at radius 2 is 1.77 bits per heavy atom. The summed E-state index contributed by atoms with van der Waals surface area (Å²) in [5.41, 5.74) is 0.755. The summed E-state index contributed by atoms with van der Waals surface area (Å²) < 4.78 is 0. The molecule has 0 spiro atoms. The van der Waals surface area contributed by atoms with Crippen molar-refractivity contribution in [3.63, 3.8) is 0 Å². The second-order valence-electron chi connectivity index (χ2n) is 2.61. The van der Waals surface area contributed by atoms with Gasteiger partial charge in [0.05, 0.1) is 10.0 Å². The second kappa shape index (κ2) is 4.36. The van der Waals surface area contributed by atoms with Gasteiger partial charge in [0.15, 0.2) is 0 Å². The van der Waals surface area contributed by atoms with E-state index in [1.807, 2.05) is 6.92 Å². The number of hydrogen-bond acceptors (Lipinski definition) is 0. The highest BCUT2D eigenvalue weighted by Gasteiger charge is 2.13. The fourth-order valence-electron chi connectivity index (χ4n) is 0.991. The smallest absolute Gasteiger partial charge is 0.0648 e. The van der Waals surface area contributed by atoms with Gasteiger partial charge in [-0.1, -0.05) is 47.8 Å². The van der Waals surface area contributed by atoms with Gasteiger partial charge in [0.2, 0.25) is 0 Å². The van der Waals surface area contributed by atoms with Gasteiger partial charge in [-0.05, 0) is 12.1 Å². The Balaban J connectivity index is 3.32. The van der Waals surface area contributed by atoms with Gasteiger partial charge < -0.3 is 0 Å². The molecule has 0 fully saturated rings. The zero-order chi connectivity index (χ0) is 10.0. The summed E-state index contributed by atoms with van der Waals surface area (Å²) in [7, 11) is 0. The van der Waals surface area contributed by atoms with Crippen LogP contribution >= 0.6 is 34.8 Å². The van der Waals surface area contributed by atoms with Gasteiger partial charge >= 0.3 is 0 Å². The lowest BCUT2D eigenvalue weighted by molar-refractivity contribution is 1.26. The van der Waals surface area contributed by atoms with Gasteiger partial charge in [-0.3, -0.25) is 0 Å². The van der Waals surface area contributed by atoms with Crippen molar-refractivity contribution in [2.24, 2.45) is 0 Å². The number of allylic oxidation sites excluding steroid dienone is 1. The van der Waals surface area contributed by atoms with Crippen LogP contribution in [-0.4, -0.2) is 0 Å². The SMILES string of the molecule is C=C[C](C)c1c(Cl)ccc(Cl)c1Cl. The van der Waals surface area contributed by atoms with E-state index in [0.29, 0.717) is 15.1 Å². The van der Waals surface area contributed by atoms with E-state index < -0.39 is 0 Å². The van der Waals surface area contributed by atoms with E-state index in [9.17, 15) is 0 Å². The van der Waals surface area contributed by atoms with Crippen LogP contribution in [0.2, 0.25) is 15.1 Å². The number of rotatable bonds is 2. The fourth-order valence-corrected chi connectivity index (χ4v) is 1.82. The Labute approximate surface area is 93.1 Å². The lowest BCUT2D eigenvalue weighted by Crippen LogP contribution is -1.93. The van der Waals surface area contributed by atoms with Gasteiger partial charge in [-0.15, -0.1) is 6.58 Å². The third kappa shape index (κ3) is 2.19. The van der Waals surface area contributed by atoms with Crippen molar-refractivity contribution < 1.29 is 0 Å². The van der Waals surface area contributed by atoms with Crippen molar-refractivity contribution in [3.05, 3.63) is 51.3 Å². The average molecular weight is 235 g/mol. The summed E-state index contributed by atoms with van der Waals surface area (Å²) in [5, 5.41) is 1.57. The summed E-state index contributed by atoms with van der Waals surface area (Å²) in [5.74, 6) is 0.914. The van der Waals surface area contributed by atoms with Crippen LogP contribution in [0, 0.1) is 5.92 Å². The predicted molar refractivity (Wildman–Crippen MR) is 59.7 cm³/mol. The zero-order valence-electron chi connectivity index (χ0n) is 7.07. The quantitative estimate of drug-likeness (QED) is 0.646. The molecule has 1 rings (SSSR count). The van der Waals surface area contributed by atoms with Crippen LogP contribution in [0.15, 0.2) is 24.8 Å². The maximum Gasteiger partial charge on any atom is 0.0648 e. The minimum absolute atomic E-state index is 0.478. The molecule has 0 aliphatic heterocycles. The van der Waals surface area contributed by atoms with Crippen LogP contribution in [0.25, 0.3) is 0 Å². The summed E-state index contributed by atoms with van der Waals surface area (Å²) in [6.45, 7) is 5.54. The average Bonchev–Trinajstić information content (AvgIpc) is 2.12. The molecule has 0 amide bonds. The van der Waals surface area contributed by atoms with Crippen molar-refractivity contribution in [3.8, 4) is 0 Å². The van der Waals surface area contributed by atoms with E-state index in [2.05, 4.69) is 6.58 Å². The van der Waals surface area contributed by atoms with Gasteiger partial charge in [-0.2, -0.15) is 0 Å². The molecule has 0 bridgehead atoms. The highest BCUT2D eigenvalue weighted by atomic mass is 35.5. The minimum atomic E-state index is 0.478. The zero-order valence-corrected chi connectivity index (χ0v) is 9.34. The molecule has 0 saturated carbocycles. The van der Waals surface area contributed by atoms with E-state index >= 15 is 0 Å². The standard InChI is InChI=1S/C10H8Cl3/c1-3-6(2)9-7(11)4-5-8(12)10(9)13/h3-5H,1H2,2H3. The molecule has 1 radical (unpaired) electrons. The molecular weight excluding hydrogens is 226 g/mol. The molecular formula is C10H8Cl3. The Morgan fingerprint density at radius 3 is 2.31 bits per heavy atom. The van der Waals surface area contributed by atoms with Crippen LogP contribution in [-0.2, 0) is 0 Å². The summed E-state index contributed by atoms with van der Waals surface area (Å²) in [6.07, 6.45) is 1.70. The van der Waals surface area contributed by atoms with Gasteiger partial charge in [0.1, 0.15) is 0 Å². The Kier molecular flexibility index (Phi) is 3.66. The highest BCUT2D eigenvalue weighted by Crippen LogP contribution is 2.36. The Hall–Kier alpha value is -0.170. The van der Waals surface area contributed by atoms with E-state index in [0.717, 1.165) is 11.5 Å². The normalized spacial score (nSPS) is 10.5. The van der Waals surface area contributed by atoms with Crippen LogP contribution in [0.1, 0.15) is 12.5 Å². The predicted octanol–water partition coefficient (Wildman–Crippen LogP) is 4.78. The molecule has 1 aromatic rings. The van der Waals surface area contributed by atoms with Crippen LogP contribution in [0.5, 0.6) is 0 Å². The molecule has 0 N–H and O–H groups in total. The van der Waals surface area contributed by atoms with Crippen molar-refractivity contribution in [2.75, 3.05) is 0 Å². The molecule has 0 nitrogen and oxygen atoms in total. The monoisotopic (exact) mass is 233 g/mol. The first-order valence-electron chi connectivity index (χ1n) is 3.67.